The Morgan fingerprint density at radius 3 is 2.28 bits per heavy atom. The van der Waals surface area contributed by atoms with Gasteiger partial charge >= 0.3 is 18.1 Å². The molecule has 0 N–H and O–H groups in total. The van der Waals surface area contributed by atoms with Crippen molar-refractivity contribution in [1.29, 1.82) is 0 Å². The van der Waals surface area contributed by atoms with Crippen molar-refractivity contribution in [2.24, 2.45) is 0 Å². The molecule has 0 bridgehead atoms. The molecule has 29 heavy (non-hydrogen) atoms. The molecule has 2 aromatic rings. The number of ether oxygens (including phenoxy) is 4. The van der Waals surface area contributed by atoms with Crippen molar-refractivity contribution in [3.63, 3.8) is 0 Å². The van der Waals surface area contributed by atoms with E-state index >= 15 is 0 Å². The first kappa shape index (κ1) is 22.1. The summed E-state index contributed by atoms with van der Waals surface area (Å²) >= 11 is 0. The van der Waals surface area contributed by atoms with Crippen molar-refractivity contribution in [3.8, 4) is 17.2 Å². The monoisotopic (exact) mass is 412 g/mol. The predicted octanol–water partition coefficient (Wildman–Crippen LogP) is 4.61. The normalized spacial score (nSPS) is 12.1. The fourth-order valence-corrected chi connectivity index (χ4v) is 2.31. The highest BCUT2D eigenvalue weighted by Crippen LogP contribution is 2.37. The minimum absolute atomic E-state index is 0.0913. The highest BCUT2D eigenvalue weighted by atomic mass is 19.4. The van der Waals surface area contributed by atoms with Crippen molar-refractivity contribution in [2.75, 3.05) is 13.7 Å². The zero-order valence-electron chi connectivity index (χ0n) is 15.9. The number of halogens is 3. The Morgan fingerprint density at radius 2 is 1.69 bits per heavy atom. The van der Waals surface area contributed by atoms with Gasteiger partial charge in [0.25, 0.3) is 0 Å². The van der Waals surface area contributed by atoms with E-state index in [1.165, 1.54) is 19.1 Å². The van der Waals surface area contributed by atoms with Crippen LogP contribution in [0.15, 0.2) is 42.5 Å². The third kappa shape index (κ3) is 5.63. The van der Waals surface area contributed by atoms with Crippen molar-refractivity contribution in [1.82, 2.24) is 0 Å². The number of alkyl halides is 3. The zero-order chi connectivity index (χ0) is 21.6. The molecule has 0 radical (unpaired) electrons. The van der Waals surface area contributed by atoms with Crippen LogP contribution in [0.4, 0.5) is 13.2 Å². The van der Waals surface area contributed by atoms with E-state index in [2.05, 4.69) is 4.74 Å². The fourth-order valence-electron chi connectivity index (χ4n) is 2.31. The van der Waals surface area contributed by atoms with Gasteiger partial charge in [0.05, 0.1) is 19.3 Å². The van der Waals surface area contributed by atoms with Gasteiger partial charge < -0.3 is 18.9 Å². The van der Waals surface area contributed by atoms with E-state index < -0.39 is 35.3 Å². The molecule has 0 heterocycles. The van der Waals surface area contributed by atoms with Gasteiger partial charge in [0.1, 0.15) is 11.3 Å². The molecule has 0 saturated heterocycles. The minimum Gasteiger partial charge on any atom is -0.475 e. The first-order valence-corrected chi connectivity index (χ1v) is 8.57. The first-order chi connectivity index (χ1) is 13.7. The minimum atomic E-state index is -4.64. The summed E-state index contributed by atoms with van der Waals surface area (Å²) in [4.78, 5) is 23.7. The van der Waals surface area contributed by atoms with Gasteiger partial charge in [0.2, 0.25) is 0 Å². The summed E-state index contributed by atoms with van der Waals surface area (Å²) in [5.74, 6) is -1.52. The molecule has 6 nitrogen and oxygen atoms in total. The molecule has 0 aliphatic heterocycles. The van der Waals surface area contributed by atoms with Crippen LogP contribution in [0.5, 0.6) is 17.2 Å². The van der Waals surface area contributed by atoms with Crippen LogP contribution < -0.4 is 9.47 Å². The molecule has 0 aliphatic rings. The van der Waals surface area contributed by atoms with Crippen molar-refractivity contribution in [2.45, 2.75) is 26.1 Å². The zero-order valence-corrected chi connectivity index (χ0v) is 15.9. The van der Waals surface area contributed by atoms with Crippen LogP contribution in [0.25, 0.3) is 0 Å². The van der Waals surface area contributed by atoms with Crippen LogP contribution in [-0.2, 0) is 20.4 Å². The van der Waals surface area contributed by atoms with Gasteiger partial charge in [-0.3, -0.25) is 0 Å². The number of carbonyl (C=O) groups is 2. The molecule has 1 atom stereocenters. The fraction of sp³-hybridized carbons (Fsp3) is 0.300. The number of rotatable bonds is 7. The third-order valence-electron chi connectivity index (χ3n) is 3.70. The summed E-state index contributed by atoms with van der Waals surface area (Å²) < 4.78 is 59.5. The van der Waals surface area contributed by atoms with Gasteiger partial charge in [-0.2, -0.15) is 13.2 Å². The second kappa shape index (κ2) is 9.31. The number of methoxy groups -OCH3 is 1. The molecule has 9 heteroatoms. The summed E-state index contributed by atoms with van der Waals surface area (Å²) in [6.45, 7) is 3.31. The van der Waals surface area contributed by atoms with E-state index in [0.717, 1.165) is 19.2 Å². The quantitative estimate of drug-likeness (QED) is 0.619. The molecule has 0 aliphatic carbocycles. The summed E-state index contributed by atoms with van der Waals surface area (Å²) in [5.41, 5.74) is -1.43. The summed E-state index contributed by atoms with van der Waals surface area (Å²) in [5, 5.41) is 0. The Morgan fingerprint density at radius 1 is 1.03 bits per heavy atom. The lowest BCUT2D eigenvalue weighted by Crippen LogP contribution is -2.26. The molecule has 0 spiro atoms. The van der Waals surface area contributed by atoms with E-state index in [1.54, 1.807) is 19.1 Å². The van der Waals surface area contributed by atoms with Crippen molar-refractivity contribution in [3.05, 3.63) is 53.6 Å². The van der Waals surface area contributed by atoms with Crippen LogP contribution in [0.2, 0.25) is 0 Å². The van der Waals surface area contributed by atoms with Gasteiger partial charge in [-0.05, 0) is 44.2 Å². The van der Waals surface area contributed by atoms with Crippen LogP contribution in [-0.4, -0.2) is 31.8 Å². The lowest BCUT2D eigenvalue weighted by Gasteiger charge is -2.18. The lowest BCUT2D eigenvalue weighted by atomic mass is 10.1. The number of benzene rings is 2. The van der Waals surface area contributed by atoms with Crippen LogP contribution in [0, 0.1) is 0 Å². The molecule has 0 fully saturated rings. The number of carbonyl (C=O) groups excluding carboxylic acids is 2. The molecule has 0 saturated carbocycles. The maximum Gasteiger partial charge on any atom is 0.416 e. The highest BCUT2D eigenvalue weighted by Gasteiger charge is 2.32. The van der Waals surface area contributed by atoms with Crippen molar-refractivity contribution < 1.29 is 41.7 Å². The lowest BCUT2D eigenvalue weighted by molar-refractivity contribution is -0.150. The molecular formula is C20H19F3O6. The molecule has 2 rings (SSSR count). The topological polar surface area (TPSA) is 71.1 Å². The Kier molecular flexibility index (Phi) is 7.08. The van der Waals surface area contributed by atoms with E-state index in [0.29, 0.717) is 6.07 Å². The summed E-state index contributed by atoms with van der Waals surface area (Å²) in [6.07, 6.45) is -5.59. The van der Waals surface area contributed by atoms with E-state index in [-0.39, 0.29) is 23.9 Å². The highest BCUT2D eigenvalue weighted by molar-refractivity contribution is 5.92. The largest absolute Gasteiger partial charge is 0.475 e. The smallest absolute Gasteiger partial charge is 0.416 e. The second-order valence-corrected chi connectivity index (χ2v) is 5.76. The third-order valence-corrected chi connectivity index (χ3v) is 3.70. The Labute approximate surface area is 165 Å². The summed E-state index contributed by atoms with van der Waals surface area (Å²) in [6, 6.07) is 8.64. The molecule has 1 unspecified atom stereocenters. The maximum absolute atomic E-state index is 13.0. The Bertz CT molecular complexity index is 879. The van der Waals surface area contributed by atoms with Gasteiger partial charge in [-0.25, -0.2) is 9.59 Å². The SMILES string of the molecule is CCOC(=O)C(C)Oc1ccccc1Oc1ccc(C(F)(F)F)cc1C(=O)OC. The maximum atomic E-state index is 13.0. The van der Waals surface area contributed by atoms with Gasteiger partial charge in [0, 0.05) is 0 Å². The predicted molar refractivity (Wildman–Crippen MR) is 96.0 cm³/mol. The van der Waals surface area contributed by atoms with Crippen LogP contribution >= 0.6 is 0 Å². The first-order valence-electron chi connectivity index (χ1n) is 8.57. The number of hydrogen-bond acceptors (Lipinski definition) is 6. The molecule has 2 aromatic carbocycles. The second-order valence-electron chi connectivity index (χ2n) is 5.76. The van der Waals surface area contributed by atoms with E-state index in [9.17, 15) is 22.8 Å². The van der Waals surface area contributed by atoms with Crippen LogP contribution in [0.3, 0.4) is 0 Å². The van der Waals surface area contributed by atoms with Gasteiger partial charge in [-0.15, -0.1) is 0 Å². The number of hydrogen-bond donors (Lipinski definition) is 0. The Hall–Kier alpha value is -3.23. The average molecular weight is 412 g/mol. The molecule has 0 amide bonds. The van der Waals surface area contributed by atoms with Crippen molar-refractivity contribution >= 4 is 11.9 Å². The van der Waals surface area contributed by atoms with Gasteiger partial charge in [0.15, 0.2) is 17.6 Å². The summed E-state index contributed by atoms with van der Waals surface area (Å²) in [7, 11) is 1.05. The standard InChI is InChI=1S/C20H19F3O6/c1-4-27-18(24)12(2)28-16-7-5-6-8-17(16)29-15-10-9-13(20(21,22)23)11-14(15)19(25)26-3/h5-12H,4H2,1-3H3. The molecule has 0 aromatic heterocycles. The van der Waals surface area contributed by atoms with Gasteiger partial charge in [-0.1, -0.05) is 12.1 Å². The van der Waals surface area contributed by atoms with E-state index in [4.69, 9.17) is 14.2 Å². The molecular weight excluding hydrogens is 393 g/mol. The Balaban J connectivity index is 2.37. The number of esters is 2. The average Bonchev–Trinajstić information content (AvgIpc) is 2.68. The van der Waals surface area contributed by atoms with Crippen LogP contribution in [0.1, 0.15) is 29.8 Å². The number of para-hydroxylation sites is 2. The molecule has 156 valence electrons. The van der Waals surface area contributed by atoms with E-state index in [1.807, 2.05) is 0 Å².